The van der Waals surface area contributed by atoms with Gasteiger partial charge in [0.05, 0.1) is 6.10 Å². The van der Waals surface area contributed by atoms with E-state index in [1.54, 1.807) is 13.0 Å². The second kappa shape index (κ2) is 5.31. The lowest BCUT2D eigenvalue weighted by molar-refractivity contribution is -0.605. The summed E-state index contributed by atoms with van der Waals surface area (Å²) in [4.78, 5) is 11.4. The van der Waals surface area contributed by atoms with Gasteiger partial charge in [-0.05, 0) is 19.4 Å². The van der Waals surface area contributed by atoms with Crippen molar-refractivity contribution in [3.05, 3.63) is 35.3 Å². The van der Waals surface area contributed by atoms with E-state index in [1.807, 2.05) is 0 Å². The minimum absolute atomic E-state index is 0.305. The van der Waals surface area contributed by atoms with Crippen LogP contribution in [0.25, 0.3) is 0 Å². The molecule has 0 saturated heterocycles. The smallest absolute Gasteiger partial charge is 0.257 e. The van der Waals surface area contributed by atoms with E-state index in [0.29, 0.717) is 23.3 Å². The summed E-state index contributed by atoms with van der Waals surface area (Å²) in [6.07, 6.45) is 2.57. The maximum atomic E-state index is 11.4. The Morgan fingerprint density at radius 1 is 1.73 bits per heavy atom. The van der Waals surface area contributed by atoms with E-state index in [9.17, 15) is 10.0 Å². The van der Waals surface area contributed by atoms with Crippen molar-refractivity contribution >= 4 is 5.91 Å². The monoisotopic (exact) mass is 210 g/mol. The predicted molar refractivity (Wildman–Crippen MR) is 54.0 cm³/mol. The predicted octanol–water partition coefficient (Wildman–Crippen LogP) is -0.179. The number of hydrogen-bond donors (Lipinski definition) is 2. The number of pyridine rings is 1. The van der Waals surface area contributed by atoms with Crippen LogP contribution in [0, 0.1) is 5.21 Å². The highest BCUT2D eigenvalue weighted by Gasteiger charge is 2.07. The third-order valence-electron chi connectivity index (χ3n) is 1.88. The molecule has 0 aromatic carbocycles. The Morgan fingerprint density at radius 3 is 3.07 bits per heavy atom. The zero-order valence-corrected chi connectivity index (χ0v) is 8.51. The van der Waals surface area contributed by atoms with Crippen molar-refractivity contribution in [2.75, 3.05) is 6.54 Å². The standard InChI is InChI=1S/C10H14N2O3/c1-8(13)4-5-11-10(14)9-3-2-6-12(15)7-9/h2-3,6-8,13H,4-5H2,1H3,(H,11,14). The van der Waals surface area contributed by atoms with Crippen LogP contribution in [-0.2, 0) is 0 Å². The number of aliphatic hydroxyl groups excluding tert-OH is 1. The number of nitrogens with zero attached hydrogens (tertiary/aromatic N) is 1. The first-order chi connectivity index (χ1) is 7.09. The van der Waals surface area contributed by atoms with E-state index >= 15 is 0 Å². The summed E-state index contributed by atoms with van der Waals surface area (Å²) in [5.74, 6) is -0.305. The Hall–Kier alpha value is -1.62. The molecular weight excluding hydrogens is 196 g/mol. The highest BCUT2D eigenvalue weighted by molar-refractivity contribution is 5.93. The molecule has 0 saturated carbocycles. The minimum Gasteiger partial charge on any atom is -0.619 e. The number of carbonyl (C=O) groups is 1. The molecule has 1 rings (SSSR count). The fraction of sp³-hybridized carbons (Fsp3) is 0.400. The number of amides is 1. The van der Waals surface area contributed by atoms with Crippen molar-refractivity contribution in [2.45, 2.75) is 19.4 Å². The van der Waals surface area contributed by atoms with Gasteiger partial charge < -0.3 is 15.6 Å². The van der Waals surface area contributed by atoms with E-state index in [-0.39, 0.29) is 5.91 Å². The van der Waals surface area contributed by atoms with Gasteiger partial charge in [-0.1, -0.05) is 0 Å². The molecule has 1 atom stereocenters. The van der Waals surface area contributed by atoms with Crippen molar-refractivity contribution in [1.29, 1.82) is 0 Å². The van der Waals surface area contributed by atoms with Gasteiger partial charge in [-0.3, -0.25) is 4.79 Å². The second-order valence-electron chi connectivity index (χ2n) is 3.35. The van der Waals surface area contributed by atoms with Crippen molar-refractivity contribution in [2.24, 2.45) is 0 Å². The largest absolute Gasteiger partial charge is 0.619 e. The molecule has 5 heteroatoms. The number of aliphatic hydroxyl groups is 1. The van der Waals surface area contributed by atoms with Crippen LogP contribution >= 0.6 is 0 Å². The average molecular weight is 210 g/mol. The van der Waals surface area contributed by atoms with Crippen LogP contribution in [0.4, 0.5) is 0 Å². The summed E-state index contributed by atoms with van der Waals surface area (Å²) in [6.45, 7) is 2.05. The Balaban J connectivity index is 2.47. The first-order valence-electron chi connectivity index (χ1n) is 4.74. The van der Waals surface area contributed by atoms with Gasteiger partial charge in [-0.2, -0.15) is 4.73 Å². The summed E-state index contributed by atoms with van der Waals surface area (Å²) >= 11 is 0. The second-order valence-corrected chi connectivity index (χ2v) is 3.35. The zero-order valence-electron chi connectivity index (χ0n) is 8.51. The van der Waals surface area contributed by atoms with Crippen LogP contribution in [0.15, 0.2) is 24.5 Å². The van der Waals surface area contributed by atoms with E-state index < -0.39 is 6.10 Å². The molecule has 0 spiro atoms. The summed E-state index contributed by atoms with van der Waals surface area (Å²) in [6, 6.07) is 3.07. The van der Waals surface area contributed by atoms with Crippen LogP contribution in [0.2, 0.25) is 0 Å². The Labute approximate surface area is 87.9 Å². The lowest BCUT2D eigenvalue weighted by Gasteiger charge is -2.06. The summed E-state index contributed by atoms with van der Waals surface area (Å²) in [5, 5.41) is 22.5. The quantitative estimate of drug-likeness (QED) is 0.534. The maximum Gasteiger partial charge on any atom is 0.257 e. The molecule has 0 radical (unpaired) electrons. The van der Waals surface area contributed by atoms with E-state index in [2.05, 4.69) is 5.32 Å². The topological polar surface area (TPSA) is 76.3 Å². The molecule has 0 bridgehead atoms. The van der Waals surface area contributed by atoms with Crippen LogP contribution in [0.3, 0.4) is 0 Å². The highest BCUT2D eigenvalue weighted by Crippen LogP contribution is 1.94. The molecule has 1 unspecified atom stereocenters. The molecule has 0 fully saturated rings. The van der Waals surface area contributed by atoms with Gasteiger partial charge in [0.15, 0.2) is 12.4 Å². The first-order valence-corrected chi connectivity index (χ1v) is 4.74. The van der Waals surface area contributed by atoms with Gasteiger partial charge >= 0.3 is 0 Å². The third kappa shape index (κ3) is 3.95. The third-order valence-corrected chi connectivity index (χ3v) is 1.88. The molecule has 0 aliphatic heterocycles. The lowest BCUT2D eigenvalue weighted by atomic mass is 10.2. The molecule has 0 aliphatic carbocycles. The first kappa shape index (κ1) is 11.5. The Morgan fingerprint density at radius 2 is 2.47 bits per heavy atom. The Bertz CT molecular complexity index is 339. The number of aromatic nitrogens is 1. The van der Waals surface area contributed by atoms with Crippen LogP contribution < -0.4 is 10.0 Å². The van der Waals surface area contributed by atoms with Gasteiger partial charge in [0, 0.05) is 12.6 Å². The lowest BCUT2D eigenvalue weighted by Crippen LogP contribution is -2.31. The molecule has 1 heterocycles. The molecule has 15 heavy (non-hydrogen) atoms. The van der Waals surface area contributed by atoms with Crippen molar-refractivity contribution in [3.63, 3.8) is 0 Å². The van der Waals surface area contributed by atoms with Crippen molar-refractivity contribution in [3.8, 4) is 0 Å². The molecule has 1 aromatic rings. The van der Waals surface area contributed by atoms with Crippen LogP contribution in [0.1, 0.15) is 23.7 Å². The molecule has 2 N–H and O–H groups in total. The van der Waals surface area contributed by atoms with Gasteiger partial charge in [0.2, 0.25) is 0 Å². The van der Waals surface area contributed by atoms with E-state index in [1.165, 1.54) is 18.5 Å². The van der Waals surface area contributed by atoms with Crippen LogP contribution in [-0.4, -0.2) is 23.7 Å². The van der Waals surface area contributed by atoms with Gasteiger partial charge in [0.25, 0.3) is 5.91 Å². The fourth-order valence-electron chi connectivity index (χ4n) is 1.09. The summed E-state index contributed by atoms with van der Waals surface area (Å²) in [7, 11) is 0. The number of carbonyl (C=O) groups excluding carboxylic acids is 1. The van der Waals surface area contributed by atoms with E-state index in [0.717, 1.165) is 0 Å². The maximum absolute atomic E-state index is 11.4. The number of rotatable bonds is 4. The number of hydrogen-bond acceptors (Lipinski definition) is 3. The SMILES string of the molecule is CC(O)CCNC(=O)c1ccc[n+]([O-])c1. The van der Waals surface area contributed by atoms with Gasteiger partial charge in [0.1, 0.15) is 5.56 Å². The van der Waals surface area contributed by atoms with E-state index in [4.69, 9.17) is 5.11 Å². The Kier molecular flexibility index (Phi) is 4.05. The van der Waals surface area contributed by atoms with Crippen molar-refractivity contribution in [1.82, 2.24) is 5.32 Å². The highest BCUT2D eigenvalue weighted by atomic mass is 16.5. The molecule has 1 aromatic heterocycles. The molecule has 0 aliphatic rings. The number of nitrogens with one attached hydrogen (secondary N) is 1. The zero-order chi connectivity index (χ0) is 11.3. The molecular formula is C10H14N2O3. The minimum atomic E-state index is -0.439. The van der Waals surface area contributed by atoms with Crippen LogP contribution in [0.5, 0.6) is 0 Å². The normalized spacial score (nSPS) is 12.1. The van der Waals surface area contributed by atoms with Gasteiger partial charge in [-0.15, -0.1) is 0 Å². The summed E-state index contributed by atoms with van der Waals surface area (Å²) in [5.41, 5.74) is 0.318. The average Bonchev–Trinajstić information content (AvgIpc) is 2.17. The molecule has 1 amide bonds. The summed E-state index contributed by atoms with van der Waals surface area (Å²) < 4.78 is 0.573. The van der Waals surface area contributed by atoms with Gasteiger partial charge in [-0.25, -0.2) is 0 Å². The van der Waals surface area contributed by atoms with Crippen molar-refractivity contribution < 1.29 is 14.6 Å². The molecule has 5 nitrogen and oxygen atoms in total. The fourth-order valence-corrected chi connectivity index (χ4v) is 1.09. The molecule has 82 valence electrons.